The Hall–Kier alpha value is 0.370. The molecule has 0 radical (unpaired) electrons. The fourth-order valence-electron chi connectivity index (χ4n) is 0.465. The number of carbonyl (C=O) groups excluding carboxylic acids is 1. The van der Waals surface area contributed by atoms with Crippen LogP contribution in [0.15, 0.2) is 0 Å². The number of hydrogen-bond donors (Lipinski definition) is 1. The van der Waals surface area contributed by atoms with Crippen LogP contribution in [-0.2, 0) is 4.79 Å². The summed E-state index contributed by atoms with van der Waals surface area (Å²) in [5.41, 5.74) is 0. The Bertz CT molecular complexity index is 83.1. The van der Waals surface area contributed by atoms with Gasteiger partial charge in [-0.1, -0.05) is 25.1 Å². The van der Waals surface area contributed by atoms with E-state index in [-0.39, 0.29) is 5.12 Å². The number of carbonyl (C=O) groups is 1. The monoisotopic (exact) mass is 164 g/mol. The van der Waals surface area contributed by atoms with Gasteiger partial charge in [-0.15, -0.1) is 0 Å². The predicted octanol–water partition coefficient (Wildman–Crippen LogP) is 2.32. The zero-order valence-electron chi connectivity index (χ0n) is 5.59. The Morgan fingerprint density at radius 3 is 2.78 bits per heavy atom. The quantitative estimate of drug-likeness (QED) is 0.507. The van der Waals surface area contributed by atoms with Crippen LogP contribution in [-0.4, -0.2) is 10.2 Å². The molecule has 0 fully saturated rings. The van der Waals surface area contributed by atoms with Crippen LogP contribution in [0.2, 0.25) is 0 Å². The summed E-state index contributed by atoms with van der Waals surface area (Å²) in [5, 5.41) is 0.884. The van der Waals surface area contributed by atoms with Crippen LogP contribution in [0, 0.1) is 0 Å². The van der Waals surface area contributed by atoms with E-state index >= 15 is 0 Å². The number of rotatable bonds is 4. The molecular formula is C6H12OS2. The molecule has 0 rings (SSSR count). The molecule has 0 aromatic carbocycles. The van der Waals surface area contributed by atoms with Gasteiger partial charge in [-0.05, 0) is 6.42 Å². The lowest BCUT2D eigenvalue weighted by Gasteiger charge is -1.93. The van der Waals surface area contributed by atoms with Crippen molar-refractivity contribution in [3.8, 4) is 0 Å². The topological polar surface area (TPSA) is 17.1 Å². The van der Waals surface area contributed by atoms with Gasteiger partial charge >= 0.3 is 0 Å². The van der Waals surface area contributed by atoms with E-state index in [1.165, 1.54) is 11.8 Å². The fraction of sp³-hybridized carbons (Fsp3) is 0.833. The number of unbranched alkanes of at least 4 members (excludes halogenated alkanes) is 1. The number of thioether (sulfide) groups is 1. The van der Waals surface area contributed by atoms with Crippen molar-refractivity contribution < 1.29 is 4.79 Å². The first-order valence-corrected chi connectivity index (χ1v) is 4.69. The van der Waals surface area contributed by atoms with Gasteiger partial charge in [0.1, 0.15) is 0 Å². The average molecular weight is 164 g/mol. The largest absolute Gasteiger partial charge is 0.287 e. The molecule has 0 aliphatic carbocycles. The Labute approximate surface area is 66.0 Å². The smallest absolute Gasteiger partial charge is 0.189 e. The molecule has 0 atom stereocenters. The van der Waals surface area contributed by atoms with Gasteiger partial charge in [-0.3, -0.25) is 4.79 Å². The first-order valence-electron chi connectivity index (χ1n) is 3.07. The van der Waals surface area contributed by atoms with E-state index in [0.29, 0.717) is 11.5 Å². The van der Waals surface area contributed by atoms with Crippen molar-refractivity contribution in [1.29, 1.82) is 0 Å². The first-order chi connectivity index (χ1) is 4.31. The van der Waals surface area contributed by atoms with Gasteiger partial charge in [0.15, 0.2) is 5.12 Å². The molecule has 0 N–H and O–H groups in total. The molecule has 1 nitrogen and oxygen atoms in total. The summed E-state index contributed by atoms with van der Waals surface area (Å²) in [6, 6.07) is 0. The summed E-state index contributed by atoms with van der Waals surface area (Å²) in [7, 11) is 0. The fourth-order valence-corrected chi connectivity index (χ4v) is 1.33. The maximum atomic E-state index is 10.7. The first kappa shape index (κ1) is 9.37. The highest BCUT2D eigenvalue weighted by molar-refractivity contribution is 8.20. The van der Waals surface area contributed by atoms with Crippen LogP contribution in [0.5, 0.6) is 0 Å². The van der Waals surface area contributed by atoms with Crippen molar-refractivity contribution in [2.75, 3.05) is 5.08 Å². The molecule has 0 heterocycles. The Morgan fingerprint density at radius 2 is 2.33 bits per heavy atom. The van der Waals surface area contributed by atoms with Crippen LogP contribution >= 0.6 is 24.4 Å². The van der Waals surface area contributed by atoms with Crippen LogP contribution in [0.3, 0.4) is 0 Å². The third-order valence-corrected chi connectivity index (χ3v) is 2.00. The second-order valence-electron chi connectivity index (χ2n) is 1.75. The highest BCUT2D eigenvalue weighted by atomic mass is 32.2. The van der Waals surface area contributed by atoms with E-state index in [1.54, 1.807) is 0 Å². The molecule has 0 spiro atoms. The lowest BCUT2D eigenvalue weighted by Crippen LogP contribution is -1.89. The minimum absolute atomic E-state index is 0.270. The molecule has 0 aromatic rings. The summed E-state index contributed by atoms with van der Waals surface area (Å²) in [5.74, 6) is 0. The highest BCUT2D eigenvalue weighted by Gasteiger charge is 1.97. The van der Waals surface area contributed by atoms with E-state index in [1.807, 2.05) is 0 Å². The zero-order chi connectivity index (χ0) is 7.11. The van der Waals surface area contributed by atoms with Crippen LogP contribution in [0.1, 0.15) is 26.2 Å². The van der Waals surface area contributed by atoms with Gasteiger partial charge in [0, 0.05) is 11.5 Å². The molecule has 54 valence electrons. The summed E-state index contributed by atoms with van der Waals surface area (Å²) in [6.45, 7) is 2.08. The summed E-state index contributed by atoms with van der Waals surface area (Å²) >= 11 is 5.22. The average Bonchev–Trinajstić information content (AvgIpc) is 1.85. The second-order valence-corrected chi connectivity index (χ2v) is 3.53. The molecule has 9 heavy (non-hydrogen) atoms. The van der Waals surface area contributed by atoms with Gasteiger partial charge in [0.25, 0.3) is 0 Å². The van der Waals surface area contributed by atoms with Gasteiger partial charge < -0.3 is 0 Å². The van der Waals surface area contributed by atoms with Crippen molar-refractivity contribution in [1.82, 2.24) is 0 Å². The van der Waals surface area contributed by atoms with Crippen molar-refractivity contribution in [2.45, 2.75) is 26.2 Å². The zero-order valence-corrected chi connectivity index (χ0v) is 7.30. The Morgan fingerprint density at radius 1 is 1.67 bits per heavy atom. The van der Waals surface area contributed by atoms with Gasteiger partial charge in [-0.2, -0.15) is 12.6 Å². The minimum Gasteiger partial charge on any atom is -0.287 e. The molecule has 0 aromatic heterocycles. The van der Waals surface area contributed by atoms with E-state index in [9.17, 15) is 4.79 Å². The van der Waals surface area contributed by atoms with Crippen molar-refractivity contribution in [2.24, 2.45) is 0 Å². The molecule has 0 saturated heterocycles. The second kappa shape index (κ2) is 6.49. The lowest BCUT2D eigenvalue weighted by atomic mass is 10.3. The molecule has 0 amide bonds. The van der Waals surface area contributed by atoms with E-state index in [0.717, 1.165) is 12.8 Å². The van der Waals surface area contributed by atoms with Crippen molar-refractivity contribution >= 4 is 29.5 Å². The number of thiol groups is 1. The van der Waals surface area contributed by atoms with Crippen LogP contribution < -0.4 is 0 Å². The van der Waals surface area contributed by atoms with Crippen molar-refractivity contribution in [3.63, 3.8) is 0 Å². The van der Waals surface area contributed by atoms with Gasteiger partial charge in [0.2, 0.25) is 0 Å². The SMILES string of the molecule is CCCCC(=O)SCS. The van der Waals surface area contributed by atoms with Crippen LogP contribution in [0.4, 0.5) is 0 Å². The third kappa shape index (κ3) is 6.25. The lowest BCUT2D eigenvalue weighted by molar-refractivity contribution is -0.111. The van der Waals surface area contributed by atoms with E-state index in [4.69, 9.17) is 0 Å². The molecule has 0 aliphatic rings. The van der Waals surface area contributed by atoms with Gasteiger partial charge in [-0.25, -0.2) is 0 Å². The molecule has 0 aliphatic heterocycles. The summed E-state index contributed by atoms with van der Waals surface area (Å²) in [6.07, 6.45) is 2.82. The standard InChI is InChI=1S/C6H12OS2/c1-2-3-4-6(7)9-5-8/h8H,2-5H2,1H3. The maximum Gasteiger partial charge on any atom is 0.189 e. The van der Waals surface area contributed by atoms with E-state index in [2.05, 4.69) is 19.6 Å². The molecule has 3 heteroatoms. The maximum absolute atomic E-state index is 10.7. The minimum atomic E-state index is 0.270. The summed E-state index contributed by atoms with van der Waals surface area (Å²) in [4.78, 5) is 10.7. The molecular weight excluding hydrogens is 152 g/mol. The molecule has 0 saturated carbocycles. The Balaban J connectivity index is 3.06. The third-order valence-electron chi connectivity index (χ3n) is 0.960. The Kier molecular flexibility index (Phi) is 6.76. The normalized spacial score (nSPS) is 9.56. The summed E-state index contributed by atoms with van der Waals surface area (Å²) < 4.78 is 0. The highest BCUT2D eigenvalue weighted by Crippen LogP contribution is 2.09. The van der Waals surface area contributed by atoms with E-state index < -0.39 is 0 Å². The van der Waals surface area contributed by atoms with Gasteiger partial charge in [0.05, 0.1) is 0 Å². The predicted molar refractivity (Wildman–Crippen MR) is 46.0 cm³/mol. The van der Waals surface area contributed by atoms with Crippen molar-refractivity contribution in [3.05, 3.63) is 0 Å². The van der Waals surface area contributed by atoms with Crippen LogP contribution in [0.25, 0.3) is 0 Å². The molecule has 0 bridgehead atoms. The number of hydrogen-bond acceptors (Lipinski definition) is 3. The molecule has 0 unspecified atom stereocenters.